The zero-order valence-electron chi connectivity index (χ0n) is 11.4. The quantitative estimate of drug-likeness (QED) is 0.482. The van der Waals surface area contributed by atoms with Crippen molar-refractivity contribution in [1.82, 2.24) is 0 Å². The molecule has 1 heterocycles. The summed E-state index contributed by atoms with van der Waals surface area (Å²) in [6.45, 7) is 0. The zero-order chi connectivity index (χ0) is 15.4. The highest BCUT2D eigenvalue weighted by atomic mass is 79.9. The molecule has 2 aromatic rings. The summed E-state index contributed by atoms with van der Waals surface area (Å²) in [6, 6.07) is 7.10. The molecule has 3 nitrogen and oxygen atoms in total. The lowest BCUT2D eigenvalue weighted by Gasteiger charge is -2.07. The van der Waals surface area contributed by atoms with Gasteiger partial charge in [-0.25, -0.2) is 0 Å². The van der Waals surface area contributed by atoms with E-state index in [4.69, 9.17) is 9.47 Å². The number of allylic oxidation sites excluding steroid dienone is 1. The van der Waals surface area contributed by atoms with Crippen LogP contribution in [0.3, 0.4) is 0 Å². The number of ether oxygens (including phenoxy) is 2. The molecule has 0 aliphatic heterocycles. The third kappa shape index (κ3) is 3.96. The molecule has 0 bridgehead atoms. The third-order valence-electron chi connectivity index (χ3n) is 2.74. The predicted molar refractivity (Wildman–Crippen MR) is 92.6 cm³/mol. The second-order valence-electron chi connectivity index (χ2n) is 4.03. The Bertz CT molecular complexity index is 673. The van der Waals surface area contributed by atoms with E-state index in [1.165, 1.54) is 13.2 Å². The standard InChI is InChI=1S/C15H12Br2O3S/c1-19-9-3-6-14(20-2)11(7-9)13(18)5-4-10-8-12(16)15(17)21-10/h3-8H,1-2H3/b5-4+. The van der Waals surface area contributed by atoms with Crippen LogP contribution in [-0.4, -0.2) is 20.0 Å². The van der Waals surface area contributed by atoms with Crippen LogP contribution < -0.4 is 9.47 Å². The van der Waals surface area contributed by atoms with Crippen molar-refractivity contribution in [2.24, 2.45) is 0 Å². The van der Waals surface area contributed by atoms with Crippen molar-refractivity contribution in [2.45, 2.75) is 0 Å². The molecule has 0 saturated carbocycles. The zero-order valence-corrected chi connectivity index (χ0v) is 15.3. The number of methoxy groups -OCH3 is 2. The molecule has 1 aromatic carbocycles. The average Bonchev–Trinajstić information content (AvgIpc) is 2.82. The summed E-state index contributed by atoms with van der Waals surface area (Å²) in [7, 11) is 3.10. The number of carbonyl (C=O) groups is 1. The average molecular weight is 432 g/mol. The largest absolute Gasteiger partial charge is 0.497 e. The fourth-order valence-corrected chi connectivity index (χ4v) is 3.69. The van der Waals surface area contributed by atoms with E-state index in [2.05, 4.69) is 31.9 Å². The minimum Gasteiger partial charge on any atom is -0.497 e. The number of rotatable bonds is 5. The van der Waals surface area contributed by atoms with Crippen molar-refractivity contribution in [3.05, 3.63) is 49.0 Å². The summed E-state index contributed by atoms with van der Waals surface area (Å²) in [5.74, 6) is 1.01. The van der Waals surface area contributed by atoms with Crippen LogP contribution in [0.2, 0.25) is 0 Å². The smallest absolute Gasteiger partial charge is 0.189 e. The number of ketones is 1. The fraction of sp³-hybridized carbons (Fsp3) is 0.133. The van der Waals surface area contributed by atoms with Gasteiger partial charge >= 0.3 is 0 Å². The highest BCUT2D eigenvalue weighted by Crippen LogP contribution is 2.33. The first-order valence-corrected chi connectivity index (χ1v) is 8.34. The second-order valence-corrected chi connectivity index (χ2v) is 7.29. The van der Waals surface area contributed by atoms with Crippen molar-refractivity contribution in [1.29, 1.82) is 0 Å². The maximum atomic E-state index is 12.3. The first kappa shape index (κ1) is 16.3. The van der Waals surface area contributed by atoms with Crippen molar-refractivity contribution in [3.63, 3.8) is 0 Å². The van der Waals surface area contributed by atoms with Crippen molar-refractivity contribution >= 4 is 55.1 Å². The normalized spacial score (nSPS) is 10.9. The van der Waals surface area contributed by atoms with E-state index in [1.807, 2.05) is 6.07 Å². The first-order valence-electron chi connectivity index (χ1n) is 5.94. The summed E-state index contributed by atoms with van der Waals surface area (Å²) in [6.07, 6.45) is 3.31. The number of hydrogen-bond donors (Lipinski definition) is 0. The lowest BCUT2D eigenvalue weighted by atomic mass is 10.1. The van der Waals surface area contributed by atoms with E-state index < -0.39 is 0 Å². The molecular weight excluding hydrogens is 420 g/mol. The summed E-state index contributed by atoms with van der Waals surface area (Å²) < 4.78 is 12.3. The minimum absolute atomic E-state index is 0.133. The van der Waals surface area contributed by atoms with Gasteiger partial charge in [0, 0.05) is 9.35 Å². The van der Waals surface area contributed by atoms with Gasteiger partial charge < -0.3 is 9.47 Å². The Balaban J connectivity index is 2.27. The van der Waals surface area contributed by atoms with E-state index in [1.54, 1.807) is 42.7 Å². The van der Waals surface area contributed by atoms with Gasteiger partial charge in [0.25, 0.3) is 0 Å². The number of thiophene rings is 1. The molecule has 2 rings (SSSR count). The van der Waals surface area contributed by atoms with Crippen molar-refractivity contribution in [3.8, 4) is 11.5 Å². The van der Waals surface area contributed by atoms with Crippen molar-refractivity contribution < 1.29 is 14.3 Å². The van der Waals surface area contributed by atoms with Gasteiger partial charge in [-0.15, -0.1) is 11.3 Å². The Morgan fingerprint density at radius 2 is 1.95 bits per heavy atom. The molecule has 0 aliphatic carbocycles. The van der Waals surface area contributed by atoms with Gasteiger partial charge in [-0.05, 0) is 68.3 Å². The van der Waals surface area contributed by atoms with Crippen LogP contribution >= 0.6 is 43.2 Å². The summed E-state index contributed by atoms with van der Waals surface area (Å²) in [5.41, 5.74) is 0.475. The predicted octanol–water partition coefficient (Wildman–Crippen LogP) is 5.19. The van der Waals surface area contributed by atoms with Crippen LogP contribution in [0.15, 0.2) is 38.6 Å². The van der Waals surface area contributed by atoms with E-state index >= 15 is 0 Å². The molecule has 6 heteroatoms. The third-order valence-corrected chi connectivity index (χ3v) is 5.96. The van der Waals surface area contributed by atoms with Crippen molar-refractivity contribution in [2.75, 3.05) is 14.2 Å². The molecular formula is C15H12Br2O3S. The lowest BCUT2D eigenvalue weighted by Crippen LogP contribution is -1.99. The van der Waals surface area contributed by atoms with Crippen LogP contribution in [0.25, 0.3) is 6.08 Å². The van der Waals surface area contributed by atoms with E-state index in [-0.39, 0.29) is 5.78 Å². The van der Waals surface area contributed by atoms with Crippen LogP contribution in [0.5, 0.6) is 11.5 Å². The number of halogens is 2. The van der Waals surface area contributed by atoms with Gasteiger partial charge in [0.15, 0.2) is 5.78 Å². The Hall–Kier alpha value is -1.11. The molecule has 21 heavy (non-hydrogen) atoms. The minimum atomic E-state index is -0.133. The fourth-order valence-electron chi connectivity index (χ4n) is 1.70. The summed E-state index contributed by atoms with van der Waals surface area (Å²) in [4.78, 5) is 13.3. The second kappa shape index (κ2) is 7.24. The SMILES string of the molecule is COc1ccc(OC)c(C(=O)/C=C/c2cc(Br)c(Br)s2)c1. The van der Waals surface area contributed by atoms with Crippen LogP contribution in [-0.2, 0) is 0 Å². The molecule has 0 amide bonds. The summed E-state index contributed by atoms with van der Waals surface area (Å²) >= 11 is 8.39. The molecule has 0 radical (unpaired) electrons. The molecule has 0 N–H and O–H groups in total. The van der Waals surface area contributed by atoms with E-state index in [9.17, 15) is 4.79 Å². The van der Waals surface area contributed by atoms with Gasteiger partial charge in [0.2, 0.25) is 0 Å². The number of hydrogen-bond acceptors (Lipinski definition) is 4. The van der Waals surface area contributed by atoms with Gasteiger partial charge in [-0.3, -0.25) is 4.79 Å². The molecule has 0 atom stereocenters. The Morgan fingerprint density at radius 3 is 2.52 bits per heavy atom. The summed E-state index contributed by atoms with van der Waals surface area (Å²) in [5, 5.41) is 0. The highest BCUT2D eigenvalue weighted by Gasteiger charge is 2.11. The topological polar surface area (TPSA) is 35.5 Å². The number of benzene rings is 1. The van der Waals surface area contributed by atoms with Crippen LogP contribution in [0, 0.1) is 0 Å². The molecule has 0 aliphatic rings. The molecule has 0 unspecified atom stereocenters. The molecule has 0 spiro atoms. The van der Waals surface area contributed by atoms with Gasteiger partial charge in [0.05, 0.1) is 23.6 Å². The van der Waals surface area contributed by atoms with Gasteiger partial charge in [-0.2, -0.15) is 0 Å². The molecule has 0 saturated heterocycles. The van der Waals surface area contributed by atoms with Crippen LogP contribution in [0.4, 0.5) is 0 Å². The molecule has 110 valence electrons. The Kier molecular flexibility index (Phi) is 5.61. The monoisotopic (exact) mass is 430 g/mol. The highest BCUT2D eigenvalue weighted by molar-refractivity contribution is 9.13. The molecule has 1 aromatic heterocycles. The Labute approximate surface area is 143 Å². The Morgan fingerprint density at radius 1 is 1.19 bits per heavy atom. The van der Waals surface area contributed by atoms with E-state index in [0.29, 0.717) is 17.1 Å². The first-order chi connectivity index (χ1) is 10.0. The lowest BCUT2D eigenvalue weighted by molar-refractivity contribution is 0.104. The number of carbonyl (C=O) groups excluding carboxylic acids is 1. The maximum absolute atomic E-state index is 12.3. The van der Waals surface area contributed by atoms with Gasteiger partial charge in [-0.1, -0.05) is 0 Å². The molecule has 0 fully saturated rings. The van der Waals surface area contributed by atoms with Crippen LogP contribution in [0.1, 0.15) is 15.2 Å². The maximum Gasteiger partial charge on any atom is 0.189 e. The van der Waals surface area contributed by atoms with Gasteiger partial charge in [0.1, 0.15) is 11.5 Å². The van der Waals surface area contributed by atoms with E-state index in [0.717, 1.165) is 13.1 Å².